The van der Waals surface area contributed by atoms with Crippen LogP contribution in [0.2, 0.25) is 10.0 Å². The van der Waals surface area contributed by atoms with Crippen molar-refractivity contribution < 1.29 is 21.6 Å². The number of fused-ring (bicyclic) bond motifs is 1. The number of carbonyl (C=O) groups excluding carboxylic acids is 1. The molecule has 1 heterocycles. The Morgan fingerprint density at radius 1 is 0.800 bits per heavy atom. The van der Waals surface area contributed by atoms with E-state index in [2.05, 4.69) is 10.0 Å². The van der Waals surface area contributed by atoms with Crippen LogP contribution >= 0.6 is 23.2 Å². The van der Waals surface area contributed by atoms with Crippen molar-refractivity contribution in [1.82, 2.24) is 4.31 Å². The van der Waals surface area contributed by atoms with Crippen LogP contribution in [-0.2, 0) is 33.1 Å². The van der Waals surface area contributed by atoms with Crippen molar-refractivity contribution in [3.8, 4) is 0 Å². The third-order valence-corrected chi connectivity index (χ3v) is 10.3. The Morgan fingerprint density at radius 2 is 1.43 bits per heavy atom. The predicted molar refractivity (Wildman–Crippen MR) is 156 cm³/mol. The second-order valence-electron chi connectivity index (χ2n) is 9.23. The molecule has 4 aromatic carbocycles. The molecule has 0 atom stereocenters. The van der Waals surface area contributed by atoms with Crippen LogP contribution in [0.1, 0.15) is 27.0 Å². The number of hydrogen-bond donors (Lipinski definition) is 2. The van der Waals surface area contributed by atoms with Crippen LogP contribution in [0.5, 0.6) is 0 Å². The van der Waals surface area contributed by atoms with Crippen molar-refractivity contribution in [3.05, 3.63) is 117 Å². The second kappa shape index (κ2) is 10.9. The van der Waals surface area contributed by atoms with Gasteiger partial charge >= 0.3 is 0 Å². The van der Waals surface area contributed by atoms with Gasteiger partial charge in [-0.25, -0.2) is 16.8 Å². The zero-order chi connectivity index (χ0) is 28.7. The second-order valence-corrected chi connectivity index (χ2v) is 13.7. The number of aryl methyl sites for hydroxylation is 1. The molecule has 0 bridgehead atoms. The van der Waals surface area contributed by atoms with E-state index in [9.17, 15) is 21.6 Å². The van der Waals surface area contributed by atoms with E-state index in [4.69, 9.17) is 23.2 Å². The minimum atomic E-state index is -4.03. The Morgan fingerprint density at radius 3 is 2.05 bits per heavy atom. The Hall–Kier alpha value is -3.41. The van der Waals surface area contributed by atoms with Crippen LogP contribution in [0.3, 0.4) is 0 Å². The number of carbonyl (C=O) groups is 1. The normalized spacial score (nSPS) is 13.6. The third-order valence-electron chi connectivity index (χ3n) is 6.46. The van der Waals surface area contributed by atoms with Crippen LogP contribution in [0.4, 0.5) is 11.4 Å². The van der Waals surface area contributed by atoms with Crippen LogP contribution in [0.15, 0.2) is 94.7 Å². The van der Waals surface area contributed by atoms with Crippen LogP contribution < -0.4 is 10.0 Å². The Balaban J connectivity index is 1.37. The van der Waals surface area contributed by atoms with Gasteiger partial charge in [-0.05, 0) is 84.3 Å². The average Bonchev–Trinajstić information content (AvgIpc) is 3.35. The summed E-state index contributed by atoms with van der Waals surface area (Å²) < 4.78 is 56.4. The van der Waals surface area contributed by atoms with Gasteiger partial charge < -0.3 is 5.32 Å². The Kier molecular flexibility index (Phi) is 7.64. The van der Waals surface area contributed by atoms with Crippen molar-refractivity contribution in [2.75, 3.05) is 10.0 Å². The molecule has 1 aliphatic heterocycles. The third kappa shape index (κ3) is 5.72. The molecule has 40 heavy (non-hydrogen) atoms. The summed E-state index contributed by atoms with van der Waals surface area (Å²) in [4.78, 5) is 13.3. The summed E-state index contributed by atoms with van der Waals surface area (Å²) in [6.45, 7) is 2.23. The Bertz CT molecular complexity index is 1820. The molecule has 4 aromatic rings. The largest absolute Gasteiger partial charge is 0.322 e. The summed E-state index contributed by atoms with van der Waals surface area (Å²) in [5, 5.41) is 3.31. The number of halogens is 2. The molecule has 5 rings (SSSR count). The quantitative estimate of drug-likeness (QED) is 0.262. The van der Waals surface area contributed by atoms with Gasteiger partial charge in [0.15, 0.2) is 0 Å². The molecule has 0 aliphatic carbocycles. The number of amides is 1. The van der Waals surface area contributed by atoms with E-state index in [-0.39, 0.29) is 26.1 Å². The number of nitrogens with one attached hydrogen (secondary N) is 2. The van der Waals surface area contributed by atoms with Gasteiger partial charge in [-0.3, -0.25) is 9.52 Å². The van der Waals surface area contributed by atoms with Gasteiger partial charge in [-0.15, -0.1) is 0 Å². The fourth-order valence-corrected chi connectivity index (χ4v) is 7.42. The van der Waals surface area contributed by atoms with Crippen molar-refractivity contribution in [2.45, 2.75) is 29.8 Å². The van der Waals surface area contributed by atoms with E-state index in [1.807, 2.05) is 24.3 Å². The summed E-state index contributed by atoms with van der Waals surface area (Å²) in [6.07, 6.45) is 0. The van der Waals surface area contributed by atoms with E-state index in [0.717, 1.165) is 11.1 Å². The molecular formula is C28H23Cl2N3O5S2. The topological polar surface area (TPSA) is 113 Å². The molecule has 12 heteroatoms. The lowest BCUT2D eigenvalue weighted by Crippen LogP contribution is -2.26. The maximum Gasteiger partial charge on any atom is 0.261 e. The van der Waals surface area contributed by atoms with Crippen LogP contribution in [-0.4, -0.2) is 27.0 Å². The zero-order valence-corrected chi connectivity index (χ0v) is 24.2. The highest BCUT2D eigenvalue weighted by Crippen LogP contribution is 2.31. The van der Waals surface area contributed by atoms with E-state index >= 15 is 0 Å². The highest BCUT2D eigenvalue weighted by Gasteiger charge is 2.31. The molecule has 0 unspecified atom stereocenters. The first-order valence-electron chi connectivity index (χ1n) is 12.0. The van der Waals surface area contributed by atoms with E-state index in [1.165, 1.54) is 58.9 Å². The minimum absolute atomic E-state index is 0.0152. The maximum atomic E-state index is 13.4. The molecule has 8 nitrogen and oxygen atoms in total. The van der Waals surface area contributed by atoms with Crippen LogP contribution in [0, 0.1) is 6.92 Å². The molecular weight excluding hydrogens is 593 g/mol. The van der Waals surface area contributed by atoms with Crippen LogP contribution in [0.25, 0.3) is 0 Å². The lowest BCUT2D eigenvalue weighted by Gasteiger charge is -2.18. The summed E-state index contributed by atoms with van der Waals surface area (Å²) in [6, 6.07) is 21.8. The lowest BCUT2D eigenvalue weighted by atomic mass is 10.1. The monoisotopic (exact) mass is 615 g/mol. The van der Waals surface area contributed by atoms with Gasteiger partial charge in [0.2, 0.25) is 10.0 Å². The summed E-state index contributed by atoms with van der Waals surface area (Å²) >= 11 is 12.0. The highest BCUT2D eigenvalue weighted by molar-refractivity contribution is 7.92. The number of benzene rings is 4. The fraction of sp³-hybridized carbons (Fsp3) is 0.107. The first-order chi connectivity index (χ1) is 18.9. The number of anilines is 2. The lowest BCUT2D eigenvalue weighted by molar-refractivity contribution is 0.102. The minimum Gasteiger partial charge on any atom is -0.322 e. The predicted octanol–water partition coefficient (Wildman–Crippen LogP) is 6.06. The van der Waals surface area contributed by atoms with E-state index in [1.54, 1.807) is 13.0 Å². The van der Waals surface area contributed by atoms with Crippen molar-refractivity contribution in [3.63, 3.8) is 0 Å². The summed E-state index contributed by atoms with van der Waals surface area (Å²) in [5.41, 5.74) is 2.71. The van der Waals surface area contributed by atoms with Gasteiger partial charge in [-0.2, -0.15) is 4.31 Å². The Labute approximate surface area is 242 Å². The molecule has 0 spiro atoms. The van der Waals surface area contributed by atoms with E-state index < -0.39 is 26.0 Å². The average molecular weight is 617 g/mol. The van der Waals surface area contributed by atoms with Crippen molar-refractivity contribution >= 4 is 60.5 Å². The highest BCUT2D eigenvalue weighted by atomic mass is 35.5. The molecule has 1 aliphatic rings. The first kappa shape index (κ1) is 28.1. The summed E-state index contributed by atoms with van der Waals surface area (Å²) in [7, 11) is -7.81. The molecule has 0 radical (unpaired) electrons. The molecule has 0 saturated heterocycles. The van der Waals surface area contributed by atoms with Gasteiger partial charge in [0.25, 0.3) is 15.9 Å². The number of nitrogens with zero attached hydrogens (tertiary/aromatic N) is 1. The van der Waals surface area contributed by atoms with Gasteiger partial charge in [0.05, 0.1) is 21.0 Å². The molecule has 206 valence electrons. The molecule has 0 fully saturated rings. The maximum absolute atomic E-state index is 13.4. The SMILES string of the molecule is Cc1cc(NC(=O)c2cc(Cl)ccc2NS(=O)(=O)c2ccc(Cl)cc2)ccc1S(=O)(=O)N1Cc2ccccc2C1. The standard InChI is InChI=1S/C28H23Cl2N3O5S2/c1-18-14-23(9-13-27(18)40(37,38)33-16-19-4-2-3-5-20(19)17-33)31-28(34)25-15-22(30)8-12-26(25)32-39(35,36)24-10-6-21(29)7-11-24/h2-15,32H,16-17H2,1H3,(H,31,34). The zero-order valence-electron chi connectivity index (χ0n) is 21.1. The smallest absolute Gasteiger partial charge is 0.261 e. The summed E-state index contributed by atoms with van der Waals surface area (Å²) in [5.74, 6) is -0.638. The van der Waals surface area contributed by atoms with Crippen molar-refractivity contribution in [2.24, 2.45) is 0 Å². The fourth-order valence-electron chi connectivity index (χ4n) is 4.44. The molecule has 0 aromatic heterocycles. The number of hydrogen-bond acceptors (Lipinski definition) is 5. The van der Waals surface area contributed by atoms with Gasteiger partial charge in [0.1, 0.15) is 0 Å². The van der Waals surface area contributed by atoms with E-state index in [0.29, 0.717) is 29.4 Å². The molecule has 0 saturated carbocycles. The van der Waals surface area contributed by atoms with Crippen molar-refractivity contribution in [1.29, 1.82) is 0 Å². The number of sulfonamides is 2. The molecule has 1 amide bonds. The number of rotatable bonds is 7. The van der Waals surface area contributed by atoms with Gasteiger partial charge in [0, 0.05) is 28.8 Å². The first-order valence-corrected chi connectivity index (χ1v) is 15.7. The molecule has 2 N–H and O–H groups in total. The van der Waals surface area contributed by atoms with Gasteiger partial charge in [-0.1, -0.05) is 47.5 Å².